The number of carbonyl (C=O) groups is 1. The number of halogens is 1. The van der Waals surface area contributed by atoms with Crippen molar-refractivity contribution in [3.63, 3.8) is 0 Å². The standard InChI is InChI=1S/C27H28BrN3O3/c1-18-29-24-17-30(27(33)34-22-13-11-21(28)12-14-22)16-15-23(24)26(32)31(18)25(20-9-5-6-10-20)19-7-3-2-4-8-19/h2-4,7-8,11-14,20,25H,5-6,9-10,15-17H2,1H3. The minimum absolute atomic E-state index is 0.00519. The van der Waals surface area contributed by atoms with Crippen LogP contribution in [-0.2, 0) is 13.0 Å². The van der Waals surface area contributed by atoms with Gasteiger partial charge in [0, 0.05) is 16.6 Å². The van der Waals surface area contributed by atoms with Gasteiger partial charge in [-0.3, -0.25) is 9.36 Å². The molecule has 1 atom stereocenters. The van der Waals surface area contributed by atoms with Gasteiger partial charge in [-0.05, 0) is 61.9 Å². The Balaban J connectivity index is 1.44. The maximum atomic E-state index is 13.8. The molecule has 2 aliphatic rings. The van der Waals surface area contributed by atoms with E-state index >= 15 is 0 Å². The molecule has 0 radical (unpaired) electrons. The molecular weight excluding hydrogens is 494 g/mol. The Morgan fingerprint density at radius 3 is 2.50 bits per heavy atom. The molecule has 2 aromatic carbocycles. The lowest BCUT2D eigenvalue weighted by Crippen LogP contribution is -2.43. The first-order valence-electron chi connectivity index (χ1n) is 11.9. The van der Waals surface area contributed by atoms with Crippen LogP contribution in [0.4, 0.5) is 4.79 Å². The van der Waals surface area contributed by atoms with Crippen LogP contribution in [-0.4, -0.2) is 27.1 Å². The predicted molar refractivity (Wildman–Crippen MR) is 134 cm³/mol. The van der Waals surface area contributed by atoms with Crippen LogP contribution in [0.5, 0.6) is 5.75 Å². The van der Waals surface area contributed by atoms with E-state index in [1.54, 1.807) is 17.0 Å². The van der Waals surface area contributed by atoms with E-state index in [1.165, 1.54) is 12.8 Å². The van der Waals surface area contributed by atoms with Crippen molar-refractivity contribution in [3.05, 3.63) is 92.1 Å². The first-order valence-corrected chi connectivity index (χ1v) is 12.7. The fraction of sp³-hybridized carbons (Fsp3) is 0.370. The van der Waals surface area contributed by atoms with Gasteiger partial charge in [-0.25, -0.2) is 9.78 Å². The fourth-order valence-electron chi connectivity index (χ4n) is 5.33. The Hall–Kier alpha value is -2.93. The van der Waals surface area contributed by atoms with Crippen LogP contribution in [0.25, 0.3) is 0 Å². The number of rotatable bonds is 4. The Labute approximate surface area is 207 Å². The molecule has 176 valence electrons. The number of hydrogen-bond donors (Lipinski definition) is 0. The zero-order valence-corrected chi connectivity index (χ0v) is 20.8. The van der Waals surface area contributed by atoms with Gasteiger partial charge in [-0.2, -0.15) is 0 Å². The highest BCUT2D eigenvalue weighted by molar-refractivity contribution is 9.10. The number of aryl methyl sites for hydroxylation is 1. The normalized spacial score (nSPS) is 16.8. The average molecular weight is 522 g/mol. The third-order valence-corrected chi connectivity index (χ3v) is 7.51. The minimum atomic E-state index is -0.426. The molecule has 0 spiro atoms. The number of benzene rings is 2. The van der Waals surface area contributed by atoms with Crippen LogP contribution in [0.15, 0.2) is 63.9 Å². The molecule has 1 amide bonds. The largest absolute Gasteiger partial charge is 0.415 e. The van der Waals surface area contributed by atoms with Crippen molar-refractivity contribution in [2.24, 2.45) is 5.92 Å². The molecule has 7 heteroatoms. The molecule has 1 unspecified atom stereocenters. The van der Waals surface area contributed by atoms with Gasteiger partial charge >= 0.3 is 6.09 Å². The topological polar surface area (TPSA) is 64.4 Å². The lowest BCUT2D eigenvalue weighted by Gasteiger charge is -2.31. The smallest absolute Gasteiger partial charge is 0.410 e. The highest BCUT2D eigenvalue weighted by Gasteiger charge is 2.33. The third kappa shape index (κ3) is 4.53. The Kier molecular flexibility index (Phi) is 6.55. The van der Waals surface area contributed by atoms with Crippen molar-refractivity contribution in [3.8, 4) is 5.75 Å². The zero-order valence-electron chi connectivity index (χ0n) is 19.2. The maximum Gasteiger partial charge on any atom is 0.415 e. The lowest BCUT2D eigenvalue weighted by atomic mass is 9.90. The predicted octanol–water partition coefficient (Wildman–Crippen LogP) is 5.65. The number of carbonyl (C=O) groups excluding carboxylic acids is 1. The van der Waals surface area contributed by atoms with Crippen LogP contribution >= 0.6 is 15.9 Å². The van der Waals surface area contributed by atoms with Crippen molar-refractivity contribution >= 4 is 22.0 Å². The second-order valence-electron chi connectivity index (χ2n) is 9.15. The molecular formula is C27H28BrN3O3. The van der Waals surface area contributed by atoms with Gasteiger partial charge in [0.05, 0.1) is 18.3 Å². The summed E-state index contributed by atoms with van der Waals surface area (Å²) in [5, 5.41) is 0. The molecule has 1 aliphatic heterocycles. The van der Waals surface area contributed by atoms with E-state index in [-0.39, 0.29) is 18.1 Å². The number of nitrogens with zero attached hydrogens (tertiary/aromatic N) is 3. The van der Waals surface area contributed by atoms with Gasteiger partial charge in [-0.1, -0.05) is 59.1 Å². The first-order chi connectivity index (χ1) is 16.5. The molecule has 1 aromatic heterocycles. The van der Waals surface area contributed by atoms with Crippen molar-refractivity contribution in [2.45, 2.75) is 51.6 Å². The summed E-state index contributed by atoms with van der Waals surface area (Å²) >= 11 is 3.38. The summed E-state index contributed by atoms with van der Waals surface area (Å²) in [5.41, 5.74) is 2.59. The molecule has 2 heterocycles. The van der Waals surface area contributed by atoms with E-state index in [0.717, 1.165) is 28.4 Å². The van der Waals surface area contributed by atoms with Crippen LogP contribution in [0.2, 0.25) is 0 Å². The summed E-state index contributed by atoms with van der Waals surface area (Å²) in [6, 6.07) is 17.5. The van der Waals surface area contributed by atoms with Crippen molar-refractivity contribution in [1.82, 2.24) is 14.5 Å². The summed E-state index contributed by atoms with van der Waals surface area (Å²) in [6.45, 7) is 2.62. The summed E-state index contributed by atoms with van der Waals surface area (Å²) in [5.74, 6) is 1.62. The summed E-state index contributed by atoms with van der Waals surface area (Å²) in [6.07, 6.45) is 4.70. The lowest BCUT2D eigenvalue weighted by molar-refractivity contribution is 0.145. The van der Waals surface area contributed by atoms with Crippen molar-refractivity contribution in [1.29, 1.82) is 0 Å². The molecule has 34 heavy (non-hydrogen) atoms. The van der Waals surface area contributed by atoms with Crippen LogP contribution < -0.4 is 10.3 Å². The van der Waals surface area contributed by atoms with Crippen molar-refractivity contribution in [2.75, 3.05) is 6.54 Å². The number of amides is 1. The van der Waals surface area contributed by atoms with Gasteiger partial charge in [0.25, 0.3) is 5.56 Å². The zero-order chi connectivity index (χ0) is 23.7. The van der Waals surface area contributed by atoms with Gasteiger partial charge in [-0.15, -0.1) is 0 Å². The molecule has 1 fully saturated rings. The monoisotopic (exact) mass is 521 g/mol. The van der Waals surface area contributed by atoms with Crippen LogP contribution in [0, 0.1) is 12.8 Å². The van der Waals surface area contributed by atoms with Crippen molar-refractivity contribution < 1.29 is 9.53 Å². The fourth-order valence-corrected chi connectivity index (χ4v) is 5.59. The second kappa shape index (κ2) is 9.74. The second-order valence-corrected chi connectivity index (χ2v) is 10.1. The first kappa shape index (κ1) is 22.8. The summed E-state index contributed by atoms with van der Waals surface area (Å²) in [4.78, 5) is 33.0. The molecule has 1 saturated carbocycles. The minimum Gasteiger partial charge on any atom is -0.410 e. The Bertz CT molecular complexity index is 1230. The van der Waals surface area contributed by atoms with Gasteiger partial charge in [0.2, 0.25) is 0 Å². The average Bonchev–Trinajstić information content (AvgIpc) is 3.38. The van der Waals surface area contributed by atoms with E-state index in [0.29, 0.717) is 36.2 Å². The van der Waals surface area contributed by atoms with E-state index in [1.807, 2.05) is 41.8 Å². The molecule has 5 rings (SSSR count). The van der Waals surface area contributed by atoms with E-state index < -0.39 is 6.09 Å². The van der Waals surface area contributed by atoms with Crippen LogP contribution in [0.1, 0.15) is 54.4 Å². The van der Waals surface area contributed by atoms with Gasteiger partial charge in [0.15, 0.2) is 0 Å². The maximum absolute atomic E-state index is 13.8. The molecule has 1 aliphatic carbocycles. The molecule has 0 saturated heterocycles. The number of ether oxygens (including phenoxy) is 1. The summed E-state index contributed by atoms with van der Waals surface area (Å²) < 4.78 is 8.36. The molecule has 0 N–H and O–H groups in total. The Morgan fingerprint density at radius 2 is 1.79 bits per heavy atom. The number of aromatic nitrogens is 2. The number of fused-ring (bicyclic) bond motifs is 1. The van der Waals surface area contributed by atoms with E-state index in [2.05, 4.69) is 28.1 Å². The molecule has 0 bridgehead atoms. The van der Waals surface area contributed by atoms with E-state index in [4.69, 9.17) is 9.72 Å². The quantitative estimate of drug-likeness (QED) is 0.444. The highest BCUT2D eigenvalue weighted by atomic mass is 79.9. The van der Waals surface area contributed by atoms with Gasteiger partial charge in [0.1, 0.15) is 11.6 Å². The SMILES string of the molecule is Cc1nc2c(c(=O)n1C(c1ccccc1)C1CCCC1)CCN(C(=O)Oc1ccc(Br)cc1)C2. The highest BCUT2D eigenvalue weighted by Crippen LogP contribution is 2.38. The molecule has 6 nitrogen and oxygen atoms in total. The van der Waals surface area contributed by atoms with E-state index in [9.17, 15) is 9.59 Å². The Morgan fingerprint density at radius 1 is 1.09 bits per heavy atom. The third-order valence-electron chi connectivity index (χ3n) is 6.99. The van der Waals surface area contributed by atoms with Crippen LogP contribution in [0.3, 0.4) is 0 Å². The number of hydrogen-bond acceptors (Lipinski definition) is 4. The molecule has 3 aromatic rings. The van der Waals surface area contributed by atoms with Gasteiger partial charge < -0.3 is 9.64 Å². The summed E-state index contributed by atoms with van der Waals surface area (Å²) in [7, 11) is 0.